The van der Waals surface area contributed by atoms with Crippen molar-refractivity contribution >= 4 is 5.97 Å². The Morgan fingerprint density at radius 1 is 1.40 bits per heavy atom. The van der Waals surface area contributed by atoms with Gasteiger partial charge in [-0.3, -0.25) is 0 Å². The number of hydrogen-bond donors (Lipinski definition) is 1. The maximum Gasteiger partial charge on any atom is 0.360 e. The zero-order chi connectivity index (χ0) is 14.1. The molecule has 0 saturated carbocycles. The highest BCUT2D eigenvalue weighted by Gasteiger charge is 2.29. The molecule has 20 heavy (non-hydrogen) atoms. The Balaban J connectivity index is 1.59. The van der Waals surface area contributed by atoms with Crippen LogP contribution in [0.2, 0.25) is 0 Å². The fourth-order valence-electron chi connectivity index (χ4n) is 2.66. The van der Waals surface area contributed by atoms with Crippen molar-refractivity contribution in [3.8, 4) is 0 Å². The highest BCUT2D eigenvalue weighted by atomic mass is 16.6. The molecule has 0 radical (unpaired) electrons. The molecule has 1 aromatic heterocycles. The summed E-state index contributed by atoms with van der Waals surface area (Å²) in [7, 11) is 0. The number of aromatic nitrogens is 3. The molecular weight excluding hydrogens is 260 g/mol. The van der Waals surface area contributed by atoms with Gasteiger partial charge in [0, 0.05) is 25.9 Å². The van der Waals surface area contributed by atoms with Crippen LogP contribution in [0.25, 0.3) is 0 Å². The molecule has 1 N–H and O–H groups in total. The molecule has 2 fully saturated rings. The Labute approximate surface area is 117 Å². The van der Waals surface area contributed by atoms with E-state index in [0.717, 1.165) is 25.9 Å². The molecule has 2 atom stereocenters. The molecule has 0 spiro atoms. The summed E-state index contributed by atoms with van der Waals surface area (Å²) in [4.78, 5) is 12.1. The van der Waals surface area contributed by atoms with Crippen LogP contribution in [-0.2, 0) is 9.47 Å². The van der Waals surface area contributed by atoms with E-state index in [4.69, 9.17) is 9.47 Å². The zero-order valence-corrected chi connectivity index (χ0v) is 11.8. The van der Waals surface area contributed by atoms with Crippen molar-refractivity contribution in [1.82, 2.24) is 20.3 Å². The predicted molar refractivity (Wildman–Crippen MR) is 70.4 cm³/mol. The maximum atomic E-state index is 12.1. The van der Waals surface area contributed by atoms with E-state index in [1.807, 2.05) is 13.8 Å². The van der Waals surface area contributed by atoms with Gasteiger partial charge in [-0.05, 0) is 13.8 Å². The number of ether oxygens (including phenoxy) is 2. The first kappa shape index (κ1) is 13.5. The highest BCUT2D eigenvalue weighted by molar-refractivity contribution is 5.86. The number of esters is 1. The lowest BCUT2D eigenvalue weighted by atomic mass is 10.0. The minimum atomic E-state index is -0.394. The molecule has 7 heteroatoms. The van der Waals surface area contributed by atoms with Crippen molar-refractivity contribution in [1.29, 1.82) is 0 Å². The SMILES string of the molecule is CC1CC(OC(=O)c2cn(C3CNC3)nn2)CC(C)O1. The van der Waals surface area contributed by atoms with Crippen LogP contribution >= 0.6 is 0 Å². The van der Waals surface area contributed by atoms with Crippen LogP contribution in [0.3, 0.4) is 0 Å². The molecule has 0 bridgehead atoms. The van der Waals surface area contributed by atoms with Crippen LogP contribution in [0.4, 0.5) is 0 Å². The van der Waals surface area contributed by atoms with Gasteiger partial charge in [0.25, 0.3) is 0 Å². The molecule has 2 aliphatic heterocycles. The van der Waals surface area contributed by atoms with Crippen LogP contribution in [0.15, 0.2) is 6.20 Å². The molecule has 0 amide bonds. The lowest BCUT2D eigenvalue weighted by Gasteiger charge is -2.31. The van der Waals surface area contributed by atoms with Crippen molar-refractivity contribution < 1.29 is 14.3 Å². The van der Waals surface area contributed by atoms with Gasteiger partial charge < -0.3 is 14.8 Å². The van der Waals surface area contributed by atoms with Crippen LogP contribution < -0.4 is 5.32 Å². The average molecular weight is 280 g/mol. The molecule has 2 saturated heterocycles. The lowest BCUT2D eigenvalue weighted by molar-refractivity contribution is -0.0856. The van der Waals surface area contributed by atoms with Gasteiger partial charge in [-0.15, -0.1) is 5.10 Å². The summed E-state index contributed by atoms with van der Waals surface area (Å²) in [6.07, 6.45) is 3.27. The largest absolute Gasteiger partial charge is 0.457 e. The molecule has 0 aliphatic carbocycles. The Morgan fingerprint density at radius 3 is 2.70 bits per heavy atom. The molecule has 3 heterocycles. The Kier molecular flexibility index (Phi) is 3.71. The van der Waals surface area contributed by atoms with Gasteiger partial charge in [0.2, 0.25) is 0 Å². The van der Waals surface area contributed by atoms with Crippen molar-refractivity contribution in [3.05, 3.63) is 11.9 Å². The molecule has 3 rings (SSSR count). The predicted octanol–water partition coefficient (Wildman–Crippen LogP) is 0.535. The highest BCUT2D eigenvalue weighted by Crippen LogP contribution is 2.22. The van der Waals surface area contributed by atoms with Crippen molar-refractivity contribution in [3.63, 3.8) is 0 Å². The van der Waals surface area contributed by atoms with E-state index in [2.05, 4.69) is 15.6 Å². The third-order valence-electron chi connectivity index (χ3n) is 3.78. The second-order valence-corrected chi connectivity index (χ2v) is 5.65. The van der Waals surface area contributed by atoms with Crippen LogP contribution in [-0.4, -0.2) is 52.4 Å². The first-order valence-corrected chi connectivity index (χ1v) is 7.11. The van der Waals surface area contributed by atoms with E-state index in [9.17, 15) is 4.79 Å². The zero-order valence-electron chi connectivity index (χ0n) is 11.8. The number of hydrogen-bond acceptors (Lipinski definition) is 6. The third kappa shape index (κ3) is 2.83. The number of carbonyl (C=O) groups excluding carboxylic acids is 1. The van der Waals surface area contributed by atoms with Crippen molar-refractivity contribution in [2.45, 2.75) is 51.0 Å². The van der Waals surface area contributed by atoms with Gasteiger partial charge in [-0.1, -0.05) is 5.21 Å². The Bertz CT molecular complexity index is 476. The lowest BCUT2D eigenvalue weighted by Crippen LogP contribution is -2.43. The van der Waals surface area contributed by atoms with Gasteiger partial charge in [-0.25, -0.2) is 9.48 Å². The number of carbonyl (C=O) groups is 1. The Hall–Kier alpha value is -1.47. The van der Waals surface area contributed by atoms with Gasteiger partial charge in [0.15, 0.2) is 5.69 Å². The smallest absolute Gasteiger partial charge is 0.360 e. The van der Waals surface area contributed by atoms with Gasteiger partial charge in [0.05, 0.1) is 24.4 Å². The summed E-state index contributed by atoms with van der Waals surface area (Å²) in [5, 5.41) is 11.0. The fourth-order valence-corrected chi connectivity index (χ4v) is 2.66. The quantitative estimate of drug-likeness (QED) is 0.814. The monoisotopic (exact) mass is 280 g/mol. The normalized spacial score (nSPS) is 30.8. The van der Waals surface area contributed by atoms with E-state index in [-0.39, 0.29) is 24.0 Å². The summed E-state index contributed by atoms with van der Waals surface area (Å²) in [6.45, 7) is 5.73. The second-order valence-electron chi connectivity index (χ2n) is 5.65. The fraction of sp³-hybridized carbons (Fsp3) is 0.769. The topological polar surface area (TPSA) is 78.3 Å². The summed E-state index contributed by atoms with van der Waals surface area (Å²) in [5.41, 5.74) is 0.281. The Morgan fingerprint density at radius 2 is 2.10 bits per heavy atom. The van der Waals surface area contributed by atoms with Crippen LogP contribution in [0.1, 0.15) is 43.2 Å². The van der Waals surface area contributed by atoms with Crippen molar-refractivity contribution in [2.75, 3.05) is 13.1 Å². The average Bonchev–Trinajstić information content (AvgIpc) is 2.74. The number of rotatable bonds is 3. The molecule has 7 nitrogen and oxygen atoms in total. The molecule has 110 valence electrons. The van der Waals surface area contributed by atoms with Crippen molar-refractivity contribution in [2.24, 2.45) is 0 Å². The molecular formula is C13H20N4O3. The van der Waals surface area contributed by atoms with E-state index < -0.39 is 5.97 Å². The molecule has 1 aromatic rings. The van der Waals surface area contributed by atoms with E-state index in [1.165, 1.54) is 0 Å². The van der Waals surface area contributed by atoms with Gasteiger partial charge in [-0.2, -0.15) is 0 Å². The summed E-state index contributed by atoms with van der Waals surface area (Å²) < 4.78 is 12.9. The van der Waals surface area contributed by atoms with E-state index in [0.29, 0.717) is 6.04 Å². The number of nitrogens with one attached hydrogen (secondary N) is 1. The summed E-state index contributed by atoms with van der Waals surface area (Å²) >= 11 is 0. The molecule has 2 aliphatic rings. The van der Waals surface area contributed by atoms with E-state index in [1.54, 1.807) is 10.9 Å². The van der Waals surface area contributed by atoms with E-state index >= 15 is 0 Å². The maximum absolute atomic E-state index is 12.1. The number of nitrogens with zero attached hydrogens (tertiary/aromatic N) is 3. The third-order valence-corrected chi connectivity index (χ3v) is 3.78. The first-order valence-electron chi connectivity index (χ1n) is 7.11. The molecule has 0 aromatic carbocycles. The standard InChI is InChI=1S/C13H20N4O3/c1-8-3-11(4-9(2)19-8)20-13(18)12-7-17(16-15-12)10-5-14-6-10/h7-11,14H,3-6H2,1-2H3. The van der Waals surface area contributed by atoms with Gasteiger partial charge >= 0.3 is 5.97 Å². The first-order chi connectivity index (χ1) is 9.61. The summed E-state index contributed by atoms with van der Waals surface area (Å²) in [6, 6.07) is 0.298. The van der Waals surface area contributed by atoms with Crippen LogP contribution in [0, 0.1) is 0 Å². The van der Waals surface area contributed by atoms with Gasteiger partial charge in [0.1, 0.15) is 6.10 Å². The van der Waals surface area contributed by atoms with Crippen LogP contribution in [0.5, 0.6) is 0 Å². The second kappa shape index (κ2) is 5.49. The minimum absolute atomic E-state index is 0.100. The summed E-state index contributed by atoms with van der Waals surface area (Å²) in [5.74, 6) is -0.394. The minimum Gasteiger partial charge on any atom is -0.457 e. The molecule has 2 unspecified atom stereocenters.